The Balaban J connectivity index is 1.54. The summed E-state index contributed by atoms with van der Waals surface area (Å²) in [4.78, 5) is 20.0. The van der Waals surface area contributed by atoms with Crippen molar-refractivity contribution in [1.29, 1.82) is 0 Å². The van der Waals surface area contributed by atoms with Gasteiger partial charge in [-0.2, -0.15) is 5.10 Å². The molecule has 34 heavy (non-hydrogen) atoms. The fraction of sp³-hybridized carbons (Fsp3) is 0.0800. The summed E-state index contributed by atoms with van der Waals surface area (Å²) in [5, 5.41) is 7.00. The quantitative estimate of drug-likeness (QED) is 0.270. The van der Waals surface area contributed by atoms with Crippen molar-refractivity contribution >= 4 is 34.0 Å². The molecular weight excluding hydrogens is 475 g/mol. The topological polar surface area (TPSA) is 64.2 Å². The van der Waals surface area contributed by atoms with Gasteiger partial charge in [0, 0.05) is 10.9 Å². The summed E-state index contributed by atoms with van der Waals surface area (Å²) in [5.41, 5.74) is 2.93. The highest BCUT2D eigenvalue weighted by Crippen LogP contribution is 2.32. The van der Waals surface area contributed by atoms with Crippen LogP contribution in [-0.4, -0.2) is 20.7 Å². The van der Waals surface area contributed by atoms with E-state index >= 15 is 0 Å². The molecule has 9 heteroatoms. The van der Waals surface area contributed by atoms with Gasteiger partial charge in [-0.25, -0.2) is 14.1 Å². The molecule has 0 unspecified atom stereocenters. The molecule has 0 atom stereocenters. The van der Waals surface area contributed by atoms with Crippen molar-refractivity contribution in [1.82, 2.24) is 14.8 Å². The van der Waals surface area contributed by atoms with Crippen molar-refractivity contribution in [3.05, 3.63) is 106 Å². The second-order valence-corrected chi connectivity index (χ2v) is 8.69. The fourth-order valence-corrected chi connectivity index (χ4v) is 4.73. The van der Waals surface area contributed by atoms with E-state index < -0.39 is 0 Å². The second-order valence-electron chi connectivity index (χ2n) is 7.49. The van der Waals surface area contributed by atoms with Crippen LogP contribution in [-0.2, 0) is 6.54 Å². The molecule has 5 aromatic rings. The number of hydrogen-bond donors (Lipinski definition) is 0. The molecule has 6 nitrogen and oxygen atoms in total. The summed E-state index contributed by atoms with van der Waals surface area (Å²) in [6.45, 7) is 1.91. The first-order chi connectivity index (χ1) is 16.5. The van der Waals surface area contributed by atoms with Gasteiger partial charge in [0.05, 0.1) is 29.9 Å². The van der Waals surface area contributed by atoms with E-state index in [2.05, 4.69) is 10.1 Å². The highest BCUT2D eigenvalue weighted by atomic mass is 35.5. The van der Waals surface area contributed by atoms with E-state index in [1.54, 1.807) is 42.1 Å². The number of nitrogens with zero attached hydrogens (tertiary/aromatic N) is 4. The first-order valence-corrected chi connectivity index (χ1v) is 11.6. The molecule has 0 spiro atoms. The van der Waals surface area contributed by atoms with Crippen molar-refractivity contribution in [3.8, 4) is 16.9 Å². The predicted molar refractivity (Wildman–Crippen MR) is 130 cm³/mol. The number of rotatable bonds is 6. The highest BCUT2D eigenvalue weighted by molar-refractivity contribution is 7.14. The summed E-state index contributed by atoms with van der Waals surface area (Å²) < 4.78 is 20.4. The van der Waals surface area contributed by atoms with Crippen LogP contribution >= 0.6 is 22.9 Å². The number of aryl methyl sites for hydroxylation is 1. The summed E-state index contributed by atoms with van der Waals surface area (Å²) in [6.07, 6.45) is 1.55. The van der Waals surface area contributed by atoms with Gasteiger partial charge in [0.25, 0.3) is 5.91 Å². The number of thiazole rings is 1. The van der Waals surface area contributed by atoms with Crippen LogP contribution in [0.4, 0.5) is 9.52 Å². The third kappa shape index (κ3) is 4.25. The van der Waals surface area contributed by atoms with E-state index in [1.165, 1.54) is 28.4 Å². The van der Waals surface area contributed by atoms with Crippen molar-refractivity contribution in [3.63, 3.8) is 0 Å². The van der Waals surface area contributed by atoms with Gasteiger partial charge in [0.1, 0.15) is 22.3 Å². The van der Waals surface area contributed by atoms with Crippen molar-refractivity contribution in [2.75, 3.05) is 4.90 Å². The average molecular weight is 493 g/mol. The first-order valence-electron chi connectivity index (χ1n) is 10.4. The normalized spacial score (nSPS) is 11.0. The third-order valence-corrected chi connectivity index (χ3v) is 6.43. The number of aromatic nitrogens is 3. The van der Waals surface area contributed by atoms with Gasteiger partial charge in [-0.1, -0.05) is 29.8 Å². The van der Waals surface area contributed by atoms with Gasteiger partial charge >= 0.3 is 0 Å². The van der Waals surface area contributed by atoms with Crippen LogP contribution in [0.1, 0.15) is 21.8 Å². The lowest BCUT2D eigenvalue weighted by molar-refractivity contribution is 0.0983. The van der Waals surface area contributed by atoms with Gasteiger partial charge in [0.15, 0.2) is 5.13 Å². The molecule has 3 heterocycles. The van der Waals surface area contributed by atoms with Gasteiger partial charge in [0.2, 0.25) is 0 Å². The standard InChI is InChI=1S/C25H18ClFN4O2S/c1-16-22(23(26)31(29-16)19-6-3-2-4-7-19)24(32)30(14-20-8-5-13-33-20)25-28-21(15-34-25)17-9-11-18(27)12-10-17/h2-13,15H,14H2,1H3. The lowest BCUT2D eigenvalue weighted by Gasteiger charge is -2.19. The van der Waals surface area contributed by atoms with Gasteiger partial charge in [-0.3, -0.25) is 9.69 Å². The molecule has 5 rings (SSSR count). The van der Waals surface area contributed by atoms with Gasteiger partial charge < -0.3 is 4.42 Å². The van der Waals surface area contributed by atoms with Crippen LogP contribution in [0.2, 0.25) is 5.15 Å². The number of hydrogen-bond acceptors (Lipinski definition) is 5. The summed E-state index contributed by atoms with van der Waals surface area (Å²) in [5.74, 6) is -0.0773. The summed E-state index contributed by atoms with van der Waals surface area (Å²) in [6, 6.07) is 19.0. The summed E-state index contributed by atoms with van der Waals surface area (Å²) in [7, 11) is 0. The monoisotopic (exact) mass is 492 g/mol. The molecule has 3 aromatic heterocycles. The van der Waals surface area contributed by atoms with Gasteiger partial charge in [-0.15, -0.1) is 11.3 Å². The fourth-order valence-electron chi connectivity index (χ4n) is 3.54. The number of amides is 1. The van der Waals surface area contributed by atoms with E-state index in [-0.39, 0.29) is 29.0 Å². The zero-order chi connectivity index (χ0) is 23.7. The minimum absolute atomic E-state index is 0.161. The van der Waals surface area contributed by atoms with E-state index in [1.807, 2.05) is 35.7 Å². The van der Waals surface area contributed by atoms with Crippen molar-refractivity contribution in [2.45, 2.75) is 13.5 Å². The smallest absolute Gasteiger partial charge is 0.265 e. The number of furan rings is 1. The molecule has 0 aliphatic heterocycles. The molecule has 0 saturated heterocycles. The van der Waals surface area contributed by atoms with Crippen LogP contribution in [0.25, 0.3) is 16.9 Å². The largest absolute Gasteiger partial charge is 0.467 e. The third-order valence-electron chi connectivity index (χ3n) is 5.22. The van der Waals surface area contributed by atoms with Crippen LogP contribution in [0.15, 0.2) is 82.8 Å². The minimum Gasteiger partial charge on any atom is -0.467 e. The summed E-state index contributed by atoms with van der Waals surface area (Å²) >= 11 is 7.97. The van der Waals surface area contributed by atoms with E-state index in [4.69, 9.17) is 16.0 Å². The molecule has 0 aliphatic rings. The molecule has 0 N–H and O–H groups in total. The molecule has 0 aliphatic carbocycles. The lowest BCUT2D eigenvalue weighted by atomic mass is 10.2. The van der Waals surface area contributed by atoms with Crippen LogP contribution in [0.5, 0.6) is 0 Å². The molecule has 2 aromatic carbocycles. The first kappa shape index (κ1) is 22.1. The van der Waals surface area contributed by atoms with Crippen molar-refractivity contribution in [2.24, 2.45) is 0 Å². The Morgan fingerprint density at radius 3 is 2.59 bits per heavy atom. The minimum atomic E-state index is -0.346. The number of halogens is 2. The number of anilines is 1. The van der Waals surface area contributed by atoms with E-state index in [0.29, 0.717) is 22.3 Å². The molecule has 1 amide bonds. The Hall–Kier alpha value is -3.75. The van der Waals surface area contributed by atoms with Crippen LogP contribution < -0.4 is 4.90 Å². The average Bonchev–Trinajstić information content (AvgIpc) is 3.59. The molecular formula is C25H18ClFN4O2S. The SMILES string of the molecule is Cc1nn(-c2ccccc2)c(Cl)c1C(=O)N(Cc1ccco1)c1nc(-c2ccc(F)cc2)cs1. The Kier molecular flexibility index (Phi) is 6.00. The van der Waals surface area contributed by atoms with E-state index in [9.17, 15) is 9.18 Å². The van der Waals surface area contributed by atoms with Gasteiger partial charge in [-0.05, 0) is 55.5 Å². The predicted octanol–water partition coefficient (Wildman–Crippen LogP) is 6.54. The Morgan fingerprint density at radius 2 is 1.88 bits per heavy atom. The maximum atomic E-state index is 13.8. The zero-order valence-electron chi connectivity index (χ0n) is 18.0. The molecule has 0 radical (unpaired) electrons. The maximum Gasteiger partial charge on any atom is 0.265 e. The van der Waals surface area contributed by atoms with Crippen LogP contribution in [0, 0.1) is 12.7 Å². The highest BCUT2D eigenvalue weighted by Gasteiger charge is 2.29. The zero-order valence-corrected chi connectivity index (χ0v) is 19.6. The molecule has 0 saturated carbocycles. The second kappa shape index (κ2) is 9.24. The number of carbonyl (C=O) groups is 1. The van der Waals surface area contributed by atoms with Crippen molar-refractivity contribution < 1.29 is 13.6 Å². The molecule has 0 fully saturated rings. The molecule has 170 valence electrons. The van der Waals surface area contributed by atoms with E-state index in [0.717, 1.165) is 11.3 Å². The Labute approximate surface area is 203 Å². The Bertz CT molecular complexity index is 1430. The van der Waals surface area contributed by atoms with Crippen LogP contribution in [0.3, 0.4) is 0 Å². The Morgan fingerprint density at radius 1 is 1.12 bits per heavy atom. The maximum absolute atomic E-state index is 13.8. The lowest BCUT2D eigenvalue weighted by Crippen LogP contribution is -2.30. The molecule has 0 bridgehead atoms. The number of para-hydroxylation sites is 1. The number of carbonyl (C=O) groups excluding carboxylic acids is 1. The number of benzene rings is 2.